The van der Waals surface area contributed by atoms with Gasteiger partial charge in [0.25, 0.3) is 0 Å². The lowest BCUT2D eigenvalue weighted by Gasteiger charge is -2.27. The van der Waals surface area contributed by atoms with Gasteiger partial charge < -0.3 is 10.4 Å². The second kappa shape index (κ2) is 4.41. The van der Waals surface area contributed by atoms with Crippen LogP contribution in [-0.2, 0) is 4.74 Å². The lowest BCUT2D eigenvalue weighted by Crippen LogP contribution is -2.48. The van der Waals surface area contributed by atoms with Crippen LogP contribution >= 0.6 is 0 Å². The van der Waals surface area contributed by atoms with Gasteiger partial charge in [-0.2, -0.15) is 0 Å². The fraction of sp³-hybridized carbons (Fsp3) is 0.556. The summed E-state index contributed by atoms with van der Waals surface area (Å²) in [5, 5.41) is 22.8. The molecule has 15 heavy (non-hydrogen) atoms. The Kier molecular flexibility index (Phi) is 3.43. The van der Waals surface area contributed by atoms with Crippen molar-refractivity contribution in [2.24, 2.45) is 0 Å². The number of likely N-dealkylation sites (N-methyl/N-ethyl adjacent to an activating group) is 1. The van der Waals surface area contributed by atoms with Crippen LogP contribution in [0.1, 0.15) is 13.3 Å². The van der Waals surface area contributed by atoms with Crippen molar-refractivity contribution >= 4 is 0 Å². The molecule has 0 aliphatic heterocycles. The molecule has 2 N–H and O–H groups in total. The van der Waals surface area contributed by atoms with Crippen LogP contribution in [0.3, 0.4) is 0 Å². The number of rotatable bonds is 4. The fourth-order valence-electron chi connectivity index (χ4n) is 1.50. The van der Waals surface area contributed by atoms with E-state index < -0.39 is 16.9 Å². The van der Waals surface area contributed by atoms with Gasteiger partial charge in [0.1, 0.15) is 5.70 Å². The SMILES string of the molecule is CNC1=CCC=CC1(OC(C)O)[N+](=O)[O-]. The van der Waals surface area contributed by atoms with Gasteiger partial charge in [-0.3, -0.25) is 14.9 Å². The van der Waals surface area contributed by atoms with Gasteiger partial charge >= 0.3 is 5.72 Å². The number of aliphatic hydroxyl groups excluding tert-OH is 1. The van der Waals surface area contributed by atoms with E-state index in [-0.39, 0.29) is 0 Å². The minimum Gasteiger partial charge on any atom is -0.383 e. The highest BCUT2D eigenvalue weighted by molar-refractivity contribution is 5.24. The molecule has 0 saturated carbocycles. The van der Waals surface area contributed by atoms with E-state index >= 15 is 0 Å². The summed E-state index contributed by atoms with van der Waals surface area (Å²) in [5.41, 5.74) is -1.46. The van der Waals surface area contributed by atoms with Crippen LogP contribution in [0.25, 0.3) is 0 Å². The van der Waals surface area contributed by atoms with Crippen LogP contribution in [0.5, 0.6) is 0 Å². The van der Waals surface area contributed by atoms with E-state index in [4.69, 9.17) is 9.84 Å². The predicted molar refractivity (Wildman–Crippen MR) is 53.4 cm³/mol. The van der Waals surface area contributed by atoms with E-state index in [1.165, 1.54) is 13.0 Å². The number of hydrogen-bond donors (Lipinski definition) is 2. The number of nitrogens with one attached hydrogen (secondary N) is 1. The zero-order valence-corrected chi connectivity index (χ0v) is 8.64. The molecule has 84 valence electrons. The standard InChI is InChI=1S/C9H14N2O4/c1-7(12)15-9(11(13)14)6-4-3-5-8(9)10-2/h4-7,10,12H,3H2,1-2H3. The zero-order valence-electron chi connectivity index (χ0n) is 8.64. The van der Waals surface area contributed by atoms with Gasteiger partial charge in [0.05, 0.1) is 4.92 Å². The molecular weight excluding hydrogens is 200 g/mol. The third-order valence-electron chi connectivity index (χ3n) is 2.08. The number of allylic oxidation sites excluding steroid dienone is 2. The van der Waals surface area contributed by atoms with Gasteiger partial charge in [-0.1, -0.05) is 12.2 Å². The van der Waals surface area contributed by atoms with E-state index in [0.29, 0.717) is 12.1 Å². The molecular formula is C9H14N2O4. The van der Waals surface area contributed by atoms with Gasteiger partial charge in [0, 0.05) is 13.1 Å². The average molecular weight is 214 g/mol. The molecule has 6 nitrogen and oxygen atoms in total. The highest BCUT2D eigenvalue weighted by atomic mass is 16.7. The molecule has 0 aromatic rings. The van der Waals surface area contributed by atoms with Crippen LogP contribution < -0.4 is 5.32 Å². The summed E-state index contributed by atoms with van der Waals surface area (Å²) in [5.74, 6) is 0. The highest BCUT2D eigenvalue weighted by Gasteiger charge is 2.48. The summed E-state index contributed by atoms with van der Waals surface area (Å²) in [6.07, 6.45) is 4.02. The monoisotopic (exact) mass is 214 g/mol. The lowest BCUT2D eigenvalue weighted by molar-refractivity contribution is -0.610. The number of nitro groups is 1. The maximum Gasteiger partial charge on any atom is 0.387 e. The van der Waals surface area contributed by atoms with Crippen molar-refractivity contribution in [2.75, 3.05) is 7.05 Å². The second-order valence-electron chi connectivity index (χ2n) is 3.18. The van der Waals surface area contributed by atoms with Crippen molar-refractivity contribution in [1.29, 1.82) is 0 Å². The molecule has 1 aliphatic carbocycles. The van der Waals surface area contributed by atoms with Crippen molar-refractivity contribution in [1.82, 2.24) is 5.32 Å². The predicted octanol–water partition coefficient (Wildman–Crippen LogP) is 0.378. The van der Waals surface area contributed by atoms with Crippen LogP contribution in [0.2, 0.25) is 0 Å². The summed E-state index contributed by atoms with van der Waals surface area (Å²) >= 11 is 0. The summed E-state index contributed by atoms with van der Waals surface area (Å²) in [4.78, 5) is 10.4. The molecule has 0 fully saturated rings. The number of ether oxygens (including phenoxy) is 1. The van der Waals surface area contributed by atoms with Crippen LogP contribution in [-0.4, -0.2) is 29.1 Å². The Balaban J connectivity index is 3.07. The van der Waals surface area contributed by atoms with E-state index in [1.807, 2.05) is 0 Å². The Labute approximate surface area is 87.4 Å². The molecule has 0 heterocycles. The molecule has 6 heteroatoms. The fourth-order valence-corrected chi connectivity index (χ4v) is 1.50. The third-order valence-corrected chi connectivity index (χ3v) is 2.08. The molecule has 0 saturated heterocycles. The van der Waals surface area contributed by atoms with Crippen molar-refractivity contribution in [3.63, 3.8) is 0 Å². The van der Waals surface area contributed by atoms with Gasteiger partial charge in [0.2, 0.25) is 0 Å². The lowest BCUT2D eigenvalue weighted by atomic mass is 10.0. The highest BCUT2D eigenvalue weighted by Crippen LogP contribution is 2.27. The molecule has 0 aromatic heterocycles. The Morgan fingerprint density at radius 1 is 1.80 bits per heavy atom. The quantitative estimate of drug-likeness (QED) is 0.306. The molecule has 1 aliphatic rings. The maximum absolute atomic E-state index is 11.0. The normalized spacial score (nSPS) is 27.0. The van der Waals surface area contributed by atoms with E-state index in [0.717, 1.165) is 0 Å². The van der Waals surface area contributed by atoms with E-state index in [1.54, 1.807) is 19.2 Å². The summed E-state index contributed by atoms with van der Waals surface area (Å²) in [6, 6.07) is 0. The van der Waals surface area contributed by atoms with Crippen molar-refractivity contribution in [2.45, 2.75) is 25.4 Å². The first kappa shape index (κ1) is 11.7. The first-order valence-electron chi connectivity index (χ1n) is 4.59. The Hall–Kier alpha value is -1.40. The molecule has 0 spiro atoms. The van der Waals surface area contributed by atoms with Crippen LogP contribution in [0, 0.1) is 10.1 Å². The maximum atomic E-state index is 11.0. The van der Waals surface area contributed by atoms with Crippen LogP contribution in [0.4, 0.5) is 0 Å². The number of aliphatic hydroxyl groups is 1. The average Bonchev–Trinajstić information content (AvgIpc) is 2.17. The first-order valence-corrected chi connectivity index (χ1v) is 4.59. The molecule has 2 unspecified atom stereocenters. The molecule has 2 atom stereocenters. The number of nitrogens with zero attached hydrogens (tertiary/aromatic N) is 1. The Bertz CT molecular complexity index is 311. The Morgan fingerprint density at radius 3 is 2.93 bits per heavy atom. The minimum atomic E-state index is -1.79. The molecule has 0 aromatic carbocycles. The molecule has 1 rings (SSSR count). The zero-order chi connectivity index (χ0) is 11.5. The third kappa shape index (κ3) is 2.16. The minimum absolute atomic E-state index is 0.330. The molecule has 0 bridgehead atoms. The van der Waals surface area contributed by atoms with Gasteiger partial charge in [-0.15, -0.1) is 0 Å². The van der Waals surface area contributed by atoms with Crippen molar-refractivity contribution < 1.29 is 14.8 Å². The van der Waals surface area contributed by atoms with E-state index in [9.17, 15) is 10.1 Å². The van der Waals surface area contributed by atoms with Crippen molar-refractivity contribution in [3.8, 4) is 0 Å². The first-order chi connectivity index (χ1) is 7.03. The summed E-state index contributed by atoms with van der Waals surface area (Å²) in [7, 11) is 1.58. The smallest absolute Gasteiger partial charge is 0.383 e. The molecule has 0 radical (unpaired) electrons. The van der Waals surface area contributed by atoms with Gasteiger partial charge in [-0.05, 0) is 13.3 Å². The number of hydrogen-bond acceptors (Lipinski definition) is 5. The summed E-state index contributed by atoms with van der Waals surface area (Å²) in [6.45, 7) is 1.33. The topological polar surface area (TPSA) is 84.6 Å². The van der Waals surface area contributed by atoms with Crippen LogP contribution in [0.15, 0.2) is 23.9 Å². The van der Waals surface area contributed by atoms with Gasteiger partial charge in [0.15, 0.2) is 6.29 Å². The van der Waals surface area contributed by atoms with E-state index in [2.05, 4.69) is 5.32 Å². The van der Waals surface area contributed by atoms with Crippen molar-refractivity contribution in [3.05, 3.63) is 34.0 Å². The van der Waals surface area contributed by atoms with Gasteiger partial charge in [-0.25, -0.2) is 0 Å². The largest absolute Gasteiger partial charge is 0.387 e. The summed E-state index contributed by atoms with van der Waals surface area (Å²) < 4.78 is 4.98. The molecule has 0 amide bonds. The Morgan fingerprint density at radius 2 is 2.47 bits per heavy atom. The second-order valence-corrected chi connectivity index (χ2v) is 3.18.